The van der Waals surface area contributed by atoms with Crippen molar-refractivity contribution in [1.29, 1.82) is 0 Å². The zero-order chi connectivity index (χ0) is 22.8. The Kier molecular flexibility index (Phi) is 8.96. The molecule has 0 saturated heterocycles. The van der Waals surface area contributed by atoms with Gasteiger partial charge in [0.25, 0.3) is 0 Å². The topological polar surface area (TPSA) is 45.0 Å². The smallest absolute Gasteiger partial charge is 0.298 e. The molecule has 1 aromatic heterocycles. The van der Waals surface area contributed by atoms with Gasteiger partial charge in [-0.1, -0.05) is 50.5 Å². The number of alkyl halides is 2. The highest BCUT2D eigenvalue weighted by Crippen LogP contribution is 2.19. The Hall–Kier alpha value is -3.02. The Morgan fingerprint density at radius 2 is 1.78 bits per heavy atom. The third-order valence-electron chi connectivity index (χ3n) is 5.66. The predicted molar refractivity (Wildman–Crippen MR) is 125 cm³/mol. The SMILES string of the molecule is CCCCCCC[n+]1ccc(CCc2cccc(NNC(=O)C(F)F)c2)c2ccccc21. The Morgan fingerprint density at radius 3 is 2.59 bits per heavy atom. The number of hydrazine groups is 1. The maximum atomic E-state index is 12.3. The summed E-state index contributed by atoms with van der Waals surface area (Å²) in [7, 11) is 0. The number of halogens is 2. The molecule has 2 aromatic carbocycles. The number of hydrogen-bond donors (Lipinski definition) is 2. The largest absolute Gasteiger partial charge is 0.317 e. The number of rotatable bonds is 12. The van der Waals surface area contributed by atoms with E-state index in [1.807, 2.05) is 23.6 Å². The highest BCUT2D eigenvalue weighted by Gasteiger charge is 2.14. The second-order valence-electron chi connectivity index (χ2n) is 8.08. The summed E-state index contributed by atoms with van der Waals surface area (Å²) in [5, 5.41) is 1.27. The summed E-state index contributed by atoms with van der Waals surface area (Å²) in [5.41, 5.74) is 8.75. The van der Waals surface area contributed by atoms with E-state index in [0.29, 0.717) is 5.69 Å². The molecule has 0 fully saturated rings. The van der Waals surface area contributed by atoms with Gasteiger partial charge in [0.2, 0.25) is 5.52 Å². The number of fused-ring (bicyclic) bond motifs is 1. The molecule has 6 heteroatoms. The van der Waals surface area contributed by atoms with Crippen molar-refractivity contribution in [3.05, 3.63) is 71.9 Å². The Bertz CT molecular complexity index is 1020. The van der Waals surface area contributed by atoms with Gasteiger partial charge < -0.3 is 0 Å². The molecule has 0 atom stereocenters. The van der Waals surface area contributed by atoms with E-state index in [2.05, 4.69) is 53.4 Å². The molecular weight excluding hydrogens is 408 g/mol. The fraction of sp³-hybridized carbons (Fsp3) is 0.385. The van der Waals surface area contributed by atoms with Crippen molar-refractivity contribution < 1.29 is 18.1 Å². The Balaban J connectivity index is 1.65. The van der Waals surface area contributed by atoms with Crippen LogP contribution in [0.4, 0.5) is 14.5 Å². The minimum Gasteiger partial charge on any atom is -0.298 e. The minimum absolute atomic E-state index is 0.579. The molecule has 3 aromatic rings. The lowest BCUT2D eigenvalue weighted by Gasteiger charge is -2.10. The summed E-state index contributed by atoms with van der Waals surface area (Å²) in [6, 6.07) is 18.2. The average molecular weight is 441 g/mol. The zero-order valence-electron chi connectivity index (χ0n) is 18.6. The maximum Gasteiger partial charge on any atom is 0.317 e. The average Bonchev–Trinajstić information content (AvgIpc) is 2.81. The number of aromatic nitrogens is 1. The first-order valence-corrected chi connectivity index (χ1v) is 11.4. The molecular formula is C26H32F2N3O+. The Labute approximate surface area is 188 Å². The lowest BCUT2D eigenvalue weighted by Crippen LogP contribution is -2.34. The second kappa shape index (κ2) is 12.1. The van der Waals surface area contributed by atoms with Crippen LogP contribution >= 0.6 is 0 Å². The van der Waals surface area contributed by atoms with Crippen LogP contribution in [0.1, 0.15) is 50.2 Å². The highest BCUT2D eigenvalue weighted by atomic mass is 19.3. The van der Waals surface area contributed by atoms with Gasteiger partial charge in [0.15, 0.2) is 6.20 Å². The molecule has 0 radical (unpaired) electrons. The highest BCUT2D eigenvalue weighted by molar-refractivity contribution is 5.80. The van der Waals surface area contributed by atoms with Gasteiger partial charge in [0, 0.05) is 23.9 Å². The van der Waals surface area contributed by atoms with Gasteiger partial charge in [-0.2, -0.15) is 13.3 Å². The van der Waals surface area contributed by atoms with Crippen molar-refractivity contribution in [2.45, 2.75) is 64.8 Å². The summed E-state index contributed by atoms with van der Waals surface area (Å²) in [5.74, 6) is -1.34. The number of pyridine rings is 1. The van der Waals surface area contributed by atoms with E-state index >= 15 is 0 Å². The monoisotopic (exact) mass is 440 g/mol. The molecule has 0 unspecified atom stereocenters. The van der Waals surface area contributed by atoms with Crippen molar-refractivity contribution in [3.8, 4) is 0 Å². The Morgan fingerprint density at radius 1 is 0.969 bits per heavy atom. The molecule has 0 spiro atoms. The normalized spacial score (nSPS) is 11.1. The van der Waals surface area contributed by atoms with E-state index in [1.54, 1.807) is 6.07 Å². The zero-order valence-corrected chi connectivity index (χ0v) is 18.6. The summed E-state index contributed by atoms with van der Waals surface area (Å²) in [6.07, 6.45) is 7.13. The first-order valence-electron chi connectivity index (χ1n) is 11.4. The number of carbonyl (C=O) groups is 1. The lowest BCUT2D eigenvalue weighted by molar-refractivity contribution is -0.671. The summed E-state index contributed by atoms with van der Waals surface area (Å²) in [4.78, 5) is 11.1. The van der Waals surface area contributed by atoms with Gasteiger partial charge in [-0.05, 0) is 48.6 Å². The van der Waals surface area contributed by atoms with Crippen LogP contribution in [-0.4, -0.2) is 12.3 Å². The lowest BCUT2D eigenvalue weighted by atomic mass is 10.0. The van der Waals surface area contributed by atoms with Crippen LogP contribution in [0.2, 0.25) is 0 Å². The summed E-state index contributed by atoms with van der Waals surface area (Å²) >= 11 is 0. The number of unbranched alkanes of at least 4 members (excludes halogenated alkanes) is 4. The quantitative estimate of drug-likeness (QED) is 0.219. The van der Waals surface area contributed by atoms with Gasteiger partial charge in [-0.3, -0.25) is 15.6 Å². The molecule has 170 valence electrons. The first-order chi connectivity index (χ1) is 15.6. The molecule has 0 aliphatic rings. The van der Waals surface area contributed by atoms with Crippen molar-refractivity contribution >= 4 is 22.5 Å². The van der Waals surface area contributed by atoms with E-state index in [4.69, 9.17) is 0 Å². The fourth-order valence-corrected chi connectivity index (χ4v) is 3.92. The number of amides is 1. The van der Waals surface area contributed by atoms with Gasteiger partial charge in [-0.25, -0.2) is 0 Å². The molecule has 0 bridgehead atoms. The van der Waals surface area contributed by atoms with Gasteiger partial charge in [0.1, 0.15) is 6.54 Å². The number of benzene rings is 2. The number of carbonyl (C=O) groups excluding carboxylic acids is 1. The number of aryl methyl sites for hydroxylation is 3. The van der Waals surface area contributed by atoms with Crippen LogP contribution < -0.4 is 15.4 Å². The van der Waals surface area contributed by atoms with E-state index in [1.165, 1.54) is 48.6 Å². The summed E-state index contributed by atoms with van der Waals surface area (Å²) < 4.78 is 27.0. The van der Waals surface area contributed by atoms with E-state index in [-0.39, 0.29) is 0 Å². The van der Waals surface area contributed by atoms with Gasteiger partial charge in [0.05, 0.1) is 5.69 Å². The van der Waals surface area contributed by atoms with Crippen LogP contribution in [0.15, 0.2) is 60.8 Å². The van der Waals surface area contributed by atoms with Gasteiger partial charge >= 0.3 is 12.3 Å². The maximum absolute atomic E-state index is 12.3. The molecule has 0 aliphatic heterocycles. The van der Waals surface area contributed by atoms with Crippen molar-refractivity contribution in [2.24, 2.45) is 0 Å². The van der Waals surface area contributed by atoms with Gasteiger partial charge in [-0.15, -0.1) is 0 Å². The molecule has 2 N–H and O–H groups in total. The van der Waals surface area contributed by atoms with Crippen molar-refractivity contribution in [1.82, 2.24) is 5.43 Å². The third-order valence-corrected chi connectivity index (χ3v) is 5.66. The van der Waals surface area contributed by atoms with E-state index < -0.39 is 12.3 Å². The van der Waals surface area contributed by atoms with Crippen LogP contribution in [0.25, 0.3) is 10.9 Å². The number of nitrogens with one attached hydrogen (secondary N) is 2. The molecule has 3 rings (SSSR count). The van der Waals surface area contributed by atoms with Crippen LogP contribution in [0, 0.1) is 0 Å². The molecule has 1 heterocycles. The third kappa shape index (κ3) is 6.74. The fourth-order valence-electron chi connectivity index (χ4n) is 3.92. The molecule has 4 nitrogen and oxygen atoms in total. The van der Waals surface area contributed by atoms with Crippen molar-refractivity contribution in [2.75, 3.05) is 5.43 Å². The van der Waals surface area contributed by atoms with Crippen LogP contribution in [0.3, 0.4) is 0 Å². The minimum atomic E-state index is -3.05. The van der Waals surface area contributed by atoms with Crippen LogP contribution in [-0.2, 0) is 24.2 Å². The van der Waals surface area contributed by atoms with Crippen LogP contribution in [0.5, 0.6) is 0 Å². The standard InChI is InChI=1S/C26H31F2N3O/c1-2-3-4-5-8-17-31-18-16-21(23-12-6-7-13-24(23)31)15-14-20-10-9-11-22(19-20)29-30-26(32)25(27)28/h6-7,9-13,16,18-19,25,29H,2-5,8,14-15,17H2,1H3/p+1. The summed E-state index contributed by atoms with van der Waals surface area (Å²) in [6.45, 7) is 3.27. The molecule has 0 aliphatic carbocycles. The first kappa shape index (κ1) is 23.6. The molecule has 0 saturated carbocycles. The number of para-hydroxylation sites is 1. The predicted octanol–water partition coefficient (Wildman–Crippen LogP) is 5.59. The number of hydrogen-bond acceptors (Lipinski definition) is 2. The molecule has 32 heavy (non-hydrogen) atoms. The van der Waals surface area contributed by atoms with Crippen molar-refractivity contribution in [3.63, 3.8) is 0 Å². The number of anilines is 1. The van der Waals surface area contributed by atoms with E-state index in [0.717, 1.165) is 24.9 Å². The van der Waals surface area contributed by atoms with E-state index in [9.17, 15) is 13.6 Å². The number of nitrogens with zero attached hydrogens (tertiary/aromatic N) is 1. The molecule has 1 amide bonds. The second-order valence-corrected chi connectivity index (χ2v) is 8.08.